The first-order valence-electron chi connectivity index (χ1n) is 5.01. The van der Waals surface area contributed by atoms with Crippen LogP contribution in [0.25, 0.3) is 0 Å². The molecule has 2 fully saturated rings. The Balaban J connectivity index is 1.81. The average Bonchev–Trinajstić information content (AvgIpc) is 1.99. The molecular formula is C9H19N3. The number of nitrogens with one attached hydrogen (secondary N) is 1. The fraction of sp³-hybridized carbons (Fsp3) is 1.00. The molecule has 3 heteroatoms. The topological polar surface area (TPSA) is 41.3 Å². The minimum absolute atomic E-state index is 0.117. The summed E-state index contributed by atoms with van der Waals surface area (Å²) in [5, 5.41) is 3.35. The third-order valence-corrected chi connectivity index (χ3v) is 3.09. The minimum atomic E-state index is 0.117. The summed E-state index contributed by atoms with van der Waals surface area (Å²) in [7, 11) is 0. The van der Waals surface area contributed by atoms with Crippen molar-refractivity contribution in [2.24, 2.45) is 5.73 Å². The van der Waals surface area contributed by atoms with Crippen LogP contribution in [-0.4, -0.2) is 43.2 Å². The molecule has 0 aromatic carbocycles. The molecule has 2 aliphatic heterocycles. The van der Waals surface area contributed by atoms with Crippen molar-refractivity contribution in [2.75, 3.05) is 32.7 Å². The molecule has 2 saturated heterocycles. The van der Waals surface area contributed by atoms with Crippen molar-refractivity contribution in [3.05, 3.63) is 0 Å². The molecular weight excluding hydrogens is 150 g/mol. The number of piperidine rings is 1. The Hall–Kier alpha value is -0.120. The van der Waals surface area contributed by atoms with Crippen molar-refractivity contribution >= 4 is 0 Å². The van der Waals surface area contributed by atoms with Gasteiger partial charge in [0.05, 0.1) is 0 Å². The summed E-state index contributed by atoms with van der Waals surface area (Å²) in [6, 6.07) is 0. The SMILES string of the molecule is NC1(CN2CCC2)CCNCC1. The van der Waals surface area contributed by atoms with Gasteiger partial charge in [-0.25, -0.2) is 0 Å². The lowest BCUT2D eigenvalue weighted by atomic mass is 9.88. The lowest BCUT2D eigenvalue weighted by Gasteiger charge is -2.41. The zero-order valence-electron chi connectivity index (χ0n) is 7.68. The summed E-state index contributed by atoms with van der Waals surface area (Å²) >= 11 is 0. The van der Waals surface area contributed by atoms with Crippen LogP contribution in [0.4, 0.5) is 0 Å². The molecule has 0 spiro atoms. The molecule has 0 radical (unpaired) electrons. The van der Waals surface area contributed by atoms with E-state index in [1.54, 1.807) is 0 Å². The smallest absolute Gasteiger partial charge is 0.0307 e. The molecule has 0 amide bonds. The van der Waals surface area contributed by atoms with Gasteiger partial charge in [-0.3, -0.25) is 0 Å². The number of nitrogens with zero attached hydrogens (tertiary/aromatic N) is 1. The molecule has 70 valence electrons. The zero-order chi connectivity index (χ0) is 8.44. The van der Waals surface area contributed by atoms with Gasteiger partial charge in [0.15, 0.2) is 0 Å². The summed E-state index contributed by atoms with van der Waals surface area (Å²) in [6.45, 7) is 5.86. The molecule has 0 aromatic heterocycles. The quantitative estimate of drug-likeness (QED) is 0.600. The number of rotatable bonds is 2. The zero-order valence-corrected chi connectivity index (χ0v) is 7.68. The second-order valence-corrected chi connectivity index (χ2v) is 4.24. The molecule has 0 saturated carbocycles. The Morgan fingerprint density at radius 2 is 1.92 bits per heavy atom. The molecule has 0 aromatic rings. The van der Waals surface area contributed by atoms with E-state index in [0.29, 0.717) is 0 Å². The lowest BCUT2D eigenvalue weighted by molar-refractivity contribution is 0.121. The predicted octanol–water partition coefficient (Wildman–Crippen LogP) is -0.227. The third-order valence-electron chi connectivity index (χ3n) is 3.09. The van der Waals surface area contributed by atoms with Crippen LogP contribution in [0.1, 0.15) is 19.3 Å². The maximum Gasteiger partial charge on any atom is 0.0307 e. The fourth-order valence-electron chi connectivity index (χ4n) is 2.07. The molecule has 2 heterocycles. The number of nitrogens with two attached hydrogens (primary N) is 1. The van der Waals surface area contributed by atoms with Crippen LogP contribution in [0, 0.1) is 0 Å². The largest absolute Gasteiger partial charge is 0.324 e. The van der Waals surface area contributed by atoms with Crippen molar-refractivity contribution in [1.29, 1.82) is 0 Å². The second kappa shape index (κ2) is 3.32. The van der Waals surface area contributed by atoms with Gasteiger partial charge in [0, 0.05) is 12.1 Å². The van der Waals surface area contributed by atoms with Crippen molar-refractivity contribution in [3.8, 4) is 0 Å². The summed E-state index contributed by atoms with van der Waals surface area (Å²) in [6.07, 6.45) is 3.65. The summed E-state index contributed by atoms with van der Waals surface area (Å²) in [5.74, 6) is 0. The lowest BCUT2D eigenvalue weighted by Crippen LogP contribution is -2.58. The van der Waals surface area contributed by atoms with E-state index in [2.05, 4.69) is 10.2 Å². The van der Waals surface area contributed by atoms with E-state index in [4.69, 9.17) is 5.73 Å². The van der Waals surface area contributed by atoms with E-state index >= 15 is 0 Å². The minimum Gasteiger partial charge on any atom is -0.324 e. The molecule has 2 aliphatic rings. The Morgan fingerprint density at radius 3 is 2.42 bits per heavy atom. The van der Waals surface area contributed by atoms with E-state index in [9.17, 15) is 0 Å². The van der Waals surface area contributed by atoms with Crippen molar-refractivity contribution < 1.29 is 0 Å². The maximum absolute atomic E-state index is 6.29. The van der Waals surface area contributed by atoms with Crippen LogP contribution in [0.2, 0.25) is 0 Å². The van der Waals surface area contributed by atoms with Gasteiger partial charge in [0.1, 0.15) is 0 Å². The van der Waals surface area contributed by atoms with Crippen LogP contribution in [0.3, 0.4) is 0 Å². The maximum atomic E-state index is 6.29. The van der Waals surface area contributed by atoms with Crippen LogP contribution < -0.4 is 11.1 Å². The summed E-state index contributed by atoms with van der Waals surface area (Å²) in [5.41, 5.74) is 6.40. The first-order chi connectivity index (χ1) is 5.79. The van der Waals surface area contributed by atoms with E-state index < -0.39 is 0 Å². The van der Waals surface area contributed by atoms with Crippen LogP contribution in [-0.2, 0) is 0 Å². The summed E-state index contributed by atoms with van der Waals surface area (Å²) < 4.78 is 0. The first-order valence-corrected chi connectivity index (χ1v) is 5.01. The second-order valence-electron chi connectivity index (χ2n) is 4.24. The molecule has 2 rings (SSSR count). The van der Waals surface area contributed by atoms with Crippen LogP contribution in [0.15, 0.2) is 0 Å². The van der Waals surface area contributed by atoms with Gasteiger partial charge in [0.2, 0.25) is 0 Å². The monoisotopic (exact) mass is 169 g/mol. The Morgan fingerprint density at radius 1 is 1.25 bits per heavy atom. The third kappa shape index (κ3) is 1.79. The predicted molar refractivity (Wildman–Crippen MR) is 50.1 cm³/mol. The van der Waals surface area contributed by atoms with E-state index in [0.717, 1.165) is 32.5 Å². The van der Waals surface area contributed by atoms with Gasteiger partial charge in [0.25, 0.3) is 0 Å². The molecule has 12 heavy (non-hydrogen) atoms. The van der Waals surface area contributed by atoms with E-state index in [1.807, 2.05) is 0 Å². The number of likely N-dealkylation sites (tertiary alicyclic amines) is 1. The molecule has 0 aliphatic carbocycles. The Labute approximate surface area is 74.3 Å². The highest BCUT2D eigenvalue weighted by Gasteiger charge is 2.31. The standard InChI is InChI=1S/C9H19N3/c10-9(2-4-11-5-3-9)8-12-6-1-7-12/h11H,1-8,10H2. The van der Waals surface area contributed by atoms with Crippen LogP contribution >= 0.6 is 0 Å². The van der Waals surface area contributed by atoms with E-state index in [1.165, 1.54) is 19.5 Å². The number of hydrogen-bond donors (Lipinski definition) is 2. The van der Waals surface area contributed by atoms with Gasteiger partial charge in [-0.15, -0.1) is 0 Å². The van der Waals surface area contributed by atoms with Gasteiger partial charge < -0.3 is 16.0 Å². The fourth-order valence-corrected chi connectivity index (χ4v) is 2.07. The van der Waals surface area contributed by atoms with Gasteiger partial charge in [-0.05, 0) is 45.4 Å². The van der Waals surface area contributed by atoms with Gasteiger partial charge >= 0.3 is 0 Å². The molecule has 3 nitrogen and oxygen atoms in total. The Bertz CT molecular complexity index is 148. The molecule has 0 unspecified atom stereocenters. The van der Waals surface area contributed by atoms with Gasteiger partial charge in [-0.2, -0.15) is 0 Å². The normalized spacial score (nSPS) is 29.8. The molecule has 0 atom stereocenters. The van der Waals surface area contributed by atoms with Crippen molar-refractivity contribution in [1.82, 2.24) is 10.2 Å². The molecule has 0 bridgehead atoms. The van der Waals surface area contributed by atoms with Crippen molar-refractivity contribution in [2.45, 2.75) is 24.8 Å². The number of hydrogen-bond acceptors (Lipinski definition) is 3. The van der Waals surface area contributed by atoms with E-state index in [-0.39, 0.29) is 5.54 Å². The van der Waals surface area contributed by atoms with Gasteiger partial charge in [-0.1, -0.05) is 0 Å². The highest BCUT2D eigenvalue weighted by atomic mass is 15.2. The highest BCUT2D eigenvalue weighted by Crippen LogP contribution is 2.19. The Kier molecular flexibility index (Phi) is 2.35. The highest BCUT2D eigenvalue weighted by molar-refractivity contribution is 4.93. The molecule has 3 N–H and O–H groups in total. The van der Waals surface area contributed by atoms with Crippen LogP contribution in [0.5, 0.6) is 0 Å². The van der Waals surface area contributed by atoms with Crippen molar-refractivity contribution in [3.63, 3.8) is 0 Å². The average molecular weight is 169 g/mol. The first kappa shape index (κ1) is 8.48. The summed E-state index contributed by atoms with van der Waals surface area (Å²) in [4.78, 5) is 2.48.